The smallest absolute Gasteiger partial charge is 0.356 e. The van der Waals surface area contributed by atoms with Crippen molar-refractivity contribution in [3.05, 3.63) is 53.6 Å². The van der Waals surface area contributed by atoms with E-state index in [-0.39, 0.29) is 0 Å². The lowest BCUT2D eigenvalue weighted by Gasteiger charge is -2.37. The number of likely N-dealkylation sites (tertiary alicyclic amines) is 1. The van der Waals surface area contributed by atoms with E-state index in [1.54, 1.807) is 0 Å². The van der Waals surface area contributed by atoms with Crippen molar-refractivity contribution in [3.8, 4) is 11.3 Å². The van der Waals surface area contributed by atoms with Gasteiger partial charge in [-0.3, -0.25) is 0 Å². The largest absolute Gasteiger partial charge is 0.370 e. The summed E-state index contributed by atoms with van der Waals surface area (Å²) in [6.07, 6.45) is 16.1. The molecular formula is C35H46N4O2. The van der Waals surface area contributed by atoms with Crippen LogP contribution < -0.4 is 10.8 Å². The number of nitrogens with two attached hydrogens (primary N) is 1. The number of rotatable bonds is 6. The number of carbonyl (C=O) groups is 1. The molecule has 7 rings (SSSR count). The van der Waals surface area contributed by atoms with E-state index >= 15 is 0 Å². The van der Waals surface area contributed by atoms with Crippen LogP contribution in [0.4, 0.5) is 5.69 Å². The molecular weight excluding hydrogens is 508 g/mol. The number of hydrogen-bond acceptors (Lipinski definition) is 5. The van der Waals surface area contributed by atoms with E-state index in [9.17, 15) is 4.79 Å². The predicted molar refractivity (Wildman–Crippen MR) is 166 cm³/mol. The molecule has 2 N–H and O–H groups in total. The van der Waals surface area contributed by atoms with Crippen molar-refractivity contribution in [1.82, 2.24) is 9.47 Å². The summed E-state index contributed by atoms with van der Waals surface area (Å²) < 4.78 is 2.51. The zero-order valence-electron chi connectivity index (χ0n) is 24.5. The molecule has 3 aromatic rings. The van der Waals surface area contributed by atoms with Crippen LogP contribution in [0.3, 0.4) is 0 Å². The zero-order valence-corrected chi connectivity index (χ0v) is 24.5. The number of hydrogen-bond donors (Lipinski definition) is 1. The first kappa shape index (κ1) is 27.0. The Kier molecular flexibility index (Phi) is 7.79. The monoisotopic (exact) mass is 554 g/mol. The molecule has 2 aliphatic heterocycles. The molecule has 0 amide bonds. The van der Waals surface area contributed by atoms with Crippen molar-refractivity contribution in [2.24, 2.45) is 11.8 Å². The first-order chi connectivity index (χ1) is 20.2. The van der Waals surface area contributed by atoms with Gasteiger partial charge in [0.05, 0.1) is 11.3 Å². The number of para-hydroxylation sites is 1. The van der Waals surface area contributed by atoms with Gasteiger partial charge in [0.15, 0.2) is 0 Å². The highest BCUT2D eigenvalue weighted by molar-refractivity contribution is 6.00. The minimum Gasteiger partial charge on any atom is -0.370 e. The lowest BCUT2D eigenvalue weighted by molar-refractivity contribution is 0.0503. The SMILES string of the molecule is NOC(=O)c1ccc2c(C3CCCCC3)c3n(c2c1)CCN(CCC1CCN(C2CCCC2)CC1)c1ccccc1-3. The molecule has 3 fully saturated rings. The maximum atomic E-state index is 12.4. The third-order valence-electron chi connectivity index (χ3n) is 10.9. The Balaban J connectivity index is 1.19. The molecule has 4 aliphatic rings. The maximum absolute atomic E-state index is 12.4. The predicted octanol–water partition coefficient (Wildman–Crippen LogP) is 7.25. The van der Waals surface area contributed by atoms with E-state index in [0.717, 1.165) is 37.1 Å². The van der Waals surface area contributed by atoms with Crippen LogP contribution in [0.2, 0.25) is 0 Å². The summed E-state index contributed by atoms with van der Waals surface area (Å²) in [7, 11) is 0. The first-order valence-electron chi connectivity index (χ1n) is 16.4. The highest BCUT2D eigenvalue weighted by Crippen LogP contribution is 2.47. The van der Waals surface area contributed by atoms with Gasteiger partial charge in [-0.1, -0.05) is 56.4 Å². The first-order valence-corrected chi connectivity index (χ1v) is 16.4. The normalized spacial score (nSPS) is 21.1. The highest BCUT2D eigenvalue weighted by atomic mass is 16.7. The van der Waals surface area contributed by atoms with Gasteiger partial charge >= 0.3 is 5.97 Å². The van der Waals surface area contributed by atoms with Gasteiger partial charge in [0.2, 0.25) is 0 Å². The maximum Gasteiger partial charge on any atom is 0.356 e. The van der Waals surface area contributed by atoms with Crippen molar-refractivity contribution in [1.29, 1.82) is 0 Å². The molecule has 0 unspecified atom stereocenters. The van der Waals surface area contributed by atoms with Crippen LogP contribution in [0.25, 0.3) is 22.2 Å². The van der Waals surface area contributed by atoms with Gasteiger partial charge in [0, 0.05) is 47.8 Å². The van der Waals surface area contributed by atoms with Crippen LogP contribution in [-0.4, -0.2) is 47.7 Å². The quantitative estimate of drug-likeness (QED) is 0.325. The van der Waals surface area contributed by atoms with Crippen molar-refractivity contribution in [2.45, 2.75) is 95.6 Å². The molecule has 0 atom stereocenters. The van der Waals surface area contributed by atoms with E-state index in [1.165, 1.54) is 118 Å². The summed E-state index contributed by atoms with van der Waals surface area (Å²) in [5.41, 5.74) is 7.24. The topological polar surface area (TPSA) is 63.7 Å². The van der Waals surface area contributed by atoms with Crippen LogP contribution >= 0.6 is 0 Å². The van der Waals surface area contributed by atoms with Gasteiger partial charge < -0.3 is 19.2 Å². The Bertz CT molecular complexity index is 1380. The van der Waals surface area contributed by atoms with Gasteiger partial charge in [-0.15, -0.1) is 0 Å². The summed E-state index contributed by atoms with van der Waals surface area (Å²) in [6.45, 7) is 5.58. The summed E-state index contributed by atoms with van der Waals surface area (Å²) in [6, 6.07) is 16.0. The Morgan fingerprint density at radius 2 is 1.61 bits per heavy atom. The van der Waals surface area contributed by atoms with E-state index in [0.29, 0.717) is 11.5 Å². The number of benzene rings is 2. The molecule has 218 valence electrons. The summed E-state index contributed by atoms with van der Waals surface area (Å²) in [4.78, 5) is 22.5. The molecule has 0 radical (unpaired) electrons. The van der Waals surface area contributed by atoms with Gasteiger partial charge in [0.25, 0.3) is 0 Å². The zero-order chi connectivity index (χ0) is 27.8. The molecule has 3 heterocycles. The average Bonchev–Trinajstić information content (AvgIpc) is 3.64. The third kappa shape index (κ3) is 5.18. The molecule has 6 heteroatoms. The van der Waals surface area contributed by atoms with Crippen molar-refractivity contribution < 1.29 is 9.63 Å². The molecule has 41 heavy (non-hydrogen) atoms. The molecule has 2 aliphatic carbocycles. The second kappa shape index (κ2) is 11.8. The molecule has 2 aromatic carbocycles. The van der Waals surface area contributed by atoms with Crippen LogP contribution in [0.1, 0.15) is 98.9 Å². The number of fused-ring (bicyclic) bond motifs is 5. The summed E-state index contributed by atoms with van der Waals surface area (Å²) in [5, 5.41) is 1.29. The van der Waals surface area contributed by atoms with Crippen LogP contribution in [-0.2, 0) is 11.4 Å². The Labute approximate surface area is 244 Å². The number of piperidine rings is 1. The molecule has 6 nitrogen and oxygen atoms in total. The standard InChI is InChI=1S/C35H46N4O2/c36-41-35(40)27-14-15-29-32(24-27)39-23-22-38(21-18-25-16-19-37(20-17-25)28-10-4-5-11-28)31-13-7-6-12-30(31)34(39)33(29)26-8-2-1-3-9-26/h6-7,12-15,24-26,28H,1-5,8-11,16-23,36H2. The lowest BCUT2D eigenvalue weighted by Crippen LogP contribution is -2.40. The van der Waals surface area contributed by atoms with Gasteiger partial charge in [0.1, 0.15) is 0 Å². The number of aromatic nitrogens is 1. The second-order valence-electron chi connectivity index (χ2n) is 13.1. The van der Waals surface area contributed by atoms with Gasteiger partial charge in [-0.2, -0.15) is 5.90 Å². The number of anilines is 1. The Hall–Kier alpha value is -2.83. The lowest BCUT2D eigenvalue weighted by atomic mass is 9.81. The second-order valence-corrected chi connectivity index (χ2v) is 13.1. The average molecular weight is 555 g/mol. The fraction of sp³-hybridized carbons (Fsp3) is 0.571. The van der Waals surface area contributed by atoms with Crippen LogP contribution in [0, 0.1) is 5.92 Å². The molecule has 1 aromatic heterocycles. The molecule has 2 saturated carbocycles. The minimum atomic E-state index is -0.476. The molecule has 0 bridgehead atoms. The summed E-state index contributed by atoms with van der Waals surface area (Å²) >= 11 is 0. The van der Waals surface area contributed by atoms with Crippen molar-refractivity contribution >= 4 is 22.6 Å². The van der Waals surface area contributed by atoms with Crippen LogP contribution in [0.15, 0.2) is 42.5 Å². The van der Waals surface area contributed by atoms with E-state index in [2.05, 4.69) is 49.5 Å². The minimum absolute atomic E-state index is 0.476. The van der Waals surface area contributed by atoms with Crippen molar-refractivity contribution in [3.63, 3.8) is 0 Å². The number of carbonyl (C=O) groups excluding carboxylic acids is 1. The fourth-order valence-electron chi connectivity index (χ4n) is 8.64. The third-order valence-corrected chi connectivity index (χ3v) is 10.9. The fourth-order valence-corrected chi connectivity index (χ4v) is 8.64. The summed E-state index contributed by atoms with van der Waals surface area (Å²) in [5.74, 6) is 6.19. The van der Waals surface area contributed by atoms with Crippen LogP contribution in [0.5, 0.6) is 0 Å². The molecule has 1 saturated heterocycles. The van der Waals surface area contributed by atoms with Gasteiger partial charge in [-0.25, -0.2) is 4.79 Å². The Morgan fingerprint density at radius 1 is 0.854 bits per heavy atom. The van der Waals surface area contributed by atoms with Gasteiger partial charge in [-0.05, 0) is 93.6 Å². The Morgan fingerprint density at radius 3 is 2.39 bits per heavy atom. The van der Waals surface area contributed by atoms with Crippen molar-refractivity contribution in [2.75, 3.05) is 31.1 Å². The molecule has 0 spiro atoms. The van der Waals surface area contributed by atoms with E-state index in [4.69, 9.17) is 5.90 Å². The van der Waals surface area contributed by atoms with E-state index < -0.39 is 5.97 Å². The van der Waals surface area contributed by atoms with E-state index in [1.807, 2.05) is 12.1 Å². The number of nitrogens with zero attached hydrogens (tertiary/aromatic N) is 3. The highest BCUT2D eigenvalue weighted by Gasteiger charge is 2.32.